The van der Waals surface area contributed by atoms with Gasteiger partial charge in [0.1, 0.15) is 5.75 Å². The number of sulfone groups is 1. The molecule has 0 saturated carbocycles. The molecule has 0 fully saturated rings. The van der Waals surface area contributed by atoms with Gasteiger partial charge in [-0.2, -0.15) is 0 Å². The first-order valence-electron chi connectivity index (χ1n) is 8.35. The third-order valence-electron chi connectivity index (χ3n) is 3.96. The van der Waals surface area contributed by atoms with Crippen LogP contribution in [0.3, 0.4) is 0 Å². The van der Waals surface area contributed by atoms with Crippen molar-refractivity contribution in [2.75, 3.05) is 0 Å². The second-order valence-corrected chi connectivity index (χ2v) is 8.19. The summed E-state index contributed by atoms with van der Waals surface area (Å²) in [6, 6.07) is 16.0. The zero-order chi connectivity index (χ0) is 20.3. The van der Waals surface area contributed by atoms with Gasteiger partial charge in [-0.3, -0.25) is 4.79 Å². The average Bonchev–Trinajstić information content (AvgIpc) is 2.63. The number of hydrogen-bond acceptors (Lipinski definition) is 4. The highest BCUT2D eigenvalue weighted by molar-refractivity contribution is 7.91. The third-order valence-corrected chi connectivity index (χ3v) is 5.73. The second-order valence-electron chi connectivity index (χ2n) is 6.24. The molecule has 0 aliphatic rings. The zero-order valence-electron chi connectivity index (χ0n) is 14.9. The molecule has 0 saturated heterocycles. The van der Waals surface area contributed by atoms with Gasteiger partial charge in [0.2, 0.25) is 9.84 Å². The van der Waals surface area contributed by atoms with Gasteiger partial charge in [0.05, 0.1) is 16.2 Å². The van der Waals surface area contributed by atoms with Gasteiger partial charge in [-0.05, 0) is 60.5 Å². The van der Waals surface area contributed by atoms with Gasteiger partial charge in [0.15, 0.2) is 11.6 Å². The first kappa shape index (κ1) is 19.6. The highest BCUT2D eigenvalue weighted by atomic mass is 32.2. The topological polar surface area (TPSA) is 80.7 Å². The molecule has 0 aromatic heterocycles. The van der Waals surface area contributed by atoms with Crippen LogP contribution in [0.1, 0.15) is 11.1 Å². The molecule has 144 valence electrons. The molecule has 28 heavy (non-hydrogen) atoms. The Balaban J connectivity index is 1.90. The standard InChI is InChI=1S/C21H17FO5S/c1-14-9-15(12-21(23)24)11-16(10-14)27-20-8-7-18(13-19(20)22)28(25,26)17-5-3-2-4-6-17/h2-11,13H,12H2,1H3,(H,23,24). The summed E-state index contributed by atoms with van der Waals surface area (Å²) in [5, 5.41) is 8.93. The number of aliphatic carboxylic acids is 1. The fourth-order valence-electron chi connectivity index (χ4n) is 2.75. The van der Waals surface area contributed by atoms with Crippen LogP contribution in [-0.4, -0.2) is 19.5 Å². The summed E-state index contributed by atoms with van der Waals surface area (Å²) >= 11 is 0. The molecule has 5 nitrogen and oxygen atoms in total. The minimum atomic E-state index is -3.84. The Labute approximate surface area is 162 Å². The second kappa shape index (κ2) is 7.82. The normalized spacial score (nSPS) is 11.2. The van der Waals surface area contributed by atoms with Crippen LogP contribution in [0.2, 0.25) is 0 Å². The van der Waals surface area contributed by atoms with E-state index in [4.69, 9.17) is 9.84 Å². The minimum Gasteiger partial charge on any atom is -0.481 e. The molecular weight excluding hydrogens is 383 g/mol. The van der Waals surface area contributed by atoms with Crippen LogP contribution in [0.15, 0.2) is 76.5 Å². The summed E-state index contributed by atoms with van der Waals surface area (Å²) in [6.45, 7) is 1.77. The van der Waals surface area contributed by atoms with Crippen molar-refractivity contribution in [3.63, 3.8) is 0 Å². The SMILES string of the molecule is Cc1cc(CC(=O)O)cc(Oc2ccc(S(=O)(=O)c3ccccc3)cc2F)c1. The van der Waals surface area contributed by atoms with E-state index >= 15 is 0 Å². The van der Waals surface area contributed by atoms with Crippen molar-refractivity contribution in [3.8, 4) is 11.5 Å². The summed E-state index contributed by atoms with van der Waals surface area (Å²) in [6.07, 6.45) is -0.186. The largest absolute Gasteiger partial charge is 0.481 e. The lowest BCUT2D eigenvalue weighted by Crippen LogP contribution is -2.03. The van der Waals surface area contributed by atoms with Gasteiger partial charge in [-0.15, -0.1) is 0 Å². The third kappa shape index (κ3) is 4.37. The van der Waals surface area contributed by atoms with Crippen LogP contribution in [0.5, 0.6) is 11.5 Å². The highest BCUT2D eigenvalue weighted by Gasteiger charge is 2.19. The van der Waals surface area contributed by atoms with Gasteiger partial charge in [-0.1, -0.05) is 24.3 Å². The molecule has 0 aliphatic carbocycles. The van der Waals surface area contributed by atoms with Gasteiger partial charge in [-0.25, -0.2) is 12.8 Å². The lowest BCUT2D eigenvalue weighted by molar-refractivity contribution is -0.136. The zero-order valence-corrected chi connectivity index (χ0v) is 15.7. The molecular formula is C21H17FO5S. The summed E-state index contributed by atoms with van der Waals surface area (Å²) in [4.78, 5) is 10.8. The molecule has 3 rings (SSSR count). The quantitative estimate of drug-likeness (QED) is 0.664. The van der Waals surface area contributed by atoms with E-state index in [0.717, 1.165) is 11.6 Å². The van der Waals surface area contributed by atoms with E-state index < -0.39 is 21.6 Å². The molecule has 0 spiro atoms. The Hall–Kier alpha value is -3.19. The van der Waals surface area contributed by atoms with Crippen molar-refractivity contribution < 1.29 is 27.4 Å². The molecule has 0 aliphatic heterocycles. The number of carbonyl (C=O) groups is 1. The van der Waals surface area contributed by atoms with Crippen LogP contribution >= 0.6 is 0 Å². The molecule has 1 N–H and O–H groups in total. The Kier molecular flexibility index (Phi) is 5.46. The Morgan fingerprint density at radius 3 is 2.36 bits per heavy atom. The molecule has 0 unspecified atom stereocenters. The molecule has 0 heterocycles. The number of aryl methyl sites for hydroxylation is 1. The van der Waals surface area contributed by atoms with Crippen molar-refractivity contribution in [2.24, 2.45) is 0 Å². The Bertz CT molecular complexity index is 1120. The first-order chi connectivity index (χ1) is 13.3. The monoisotopic (exact) mass is 400 g/mol. The lowest BCUT2D eigenvalue weighted by Gasteiger charge is -2.11. The maximum atomic E-state index is 14.5. The summed E-state index contributed by atoms with van der Waals surface area (Å²) in [5.41, 5.74) is 1.28. The van der Waals surface area contributed by atoms with Crippen LogP contribution < -0.4 is 4.74 Å². The van der Waals surface area contributed by atoms with Crippen LogP contribution in [0, 0.1) is 12.7 Å². The number of ether oxygens (including phenoxy) is 1. The van der Waals surface area contributed by atoms with Crippen molar-refractivity contribution in [2.45, 2.75) is 23.1 Å². The lowest BCUT2D eigenvalue weighted by atomic mass is 10.1. The van der Waals surface area contributed by atoms with Gasteiger partial charge in [0, 0.05) is 0 Å². The van der Waals surface area contributed by atoms with E-state index in [1.54, 1.807) is 37.3 Å². The fourth-order valence-corrected chi connectivity index (χ4v) is 4.05. The highest BCUT2D eigenvalue weighted by Crippen LogP contribution is 2.30. The average molecular weight is 400 g/mol. The maximum absolute atomic E-state index is 14.5. The number of carboxylic acids is 1. The fraction of sp³-hybridized carbons (Fsp3) is 0.0952. The summed E-state index contributed by atoms with van der Waals surface area (Å²) in [5.74, 6) is -1.70. The van der Waals surface area contributed by atoms with Gasteiger partial charge >= 0.3 is 5.97 Å². The minimum absolute atomic E-state index is 0.0695. The van der Waals surface area contributed by atoms with Gasteiger partial charge in [0.25, 0.3) is 0 Å². The Morgan fingerprint density at radius 1 is 1.00 bits per heavy atom. The number of hydrogen-bond donors (Lipinski definition) is 1. The van der Waals surface area contributed by atoms with Crippen molar-refractivity contribution in [1.82, 2.24) is 0 Å². The van der Waals surface area contributed by atoms with E-state index in [9.17, 15) is 17.6 Å². The molecule has 3 aromatic carbocycles. The Morgan fingerprint density at radius 2 is 1.71 bits per heavy atom. The number of halogens is 1. The number of benzene rings is 3. The van der Waals surface area contributed by atoms with Crippen molar-refractivity contribution in [1.29, 1.82) is 0 Å². The van der Waals surface area contributed by atoms with E-state index in [-0.39, 0.29) is 27.7 Å². The smallest absolute Gasteiger partial charge is 0.307 e. The molecule has 7 heteroatoms. The van der Waals surface area contributed by atoms with E-state index in [1.807, 2.05) is 0 Å². The summed E-state index contributed by atoms with van der Waals surface area (Å²) in [7, 11) is -3.84. The van der Waals surface area contributed by atoms with E-state index in [1.165, 1.54) is 30.3 Å². The van der Waals surface area contributed by atoms with E-state index in [0.29, 0.717) is 5.56 Å². The van der Waals surface area contributed by atoms with Crippen LogP contribution in [-0.2, 0) is 21.1 Å². The molecule has 0 amide bonds. The van der Waals surface area contributed by atoms with Crippen molar-refractivity contribution in [3.05, 3.63) is 83.7 Å². The van der Waals surface area contributed by atoms with E-state index in [2.05, 4.69) is 0 Å². The predicted octanol–water partition coefficient (Wildman–Crippen LogP) is 4.39. The maximum Gasteiger partial charge on any atom is 0.307 e. The number of carboxylic acid groups (broad SMARTS) is 1. The van der Waals surface area contributed by atoms with Crippen LogP contribution in [0.4, 0.5) is 4.39 Å². The molecule has 0 radical (unpaired) electrons. The van der Waals surface area contributed by atoms with Crippen LogP contribution in [0.25, 0.3) is 0 Å². The summed E-state index contributed by atoms with van der Waals surface area (Å²) < 4.78 is 45.2. The first-order valence-corrected chi connectivity index (χ1v) is 9.84. The molecule has 0 bridgehead atoms. The molecule has 3 aromatic rings. The van der Waals surface area contributed by atoms with Crippen molar-refractivity contribution >= 4 is 15.8 Å². The number of rotatable bonds is 6. The van der Waals surface area contributed by atoms with Gasteiger partial charge < -0.3 is 9.84 Å². The molecule has 0 atom stereocenters. The predicted molar refractivity (Wildman–Crippen MR) is 101 cm³/mol.